The lowest BCUT2D eigenvalue weighted by Crippen LogP contribution is -2.16. The number of rotatable bonds is 5. The van der Waals surface area contributed by atoms with E-state index < -0.39 is 0 Å². The van der Waals surface area contributed by atoms with Crippen LogP contribution in [0.3, 0.4) is 0 Å². The molecule has 2 amide bonds. The van der Waals surface area contributed by atoms with Crippen molar-refractivity contribution < 1.29 is 9.59 Å². The van der Waals surface area contributed by atoms with Gasteiger partial charge in [-0.1, -0.05) is 30.3 Å². The molecule has 0 heterocycles. The molecule has 118 valence electrons. The predicted molar refractivity (Wildman–Crippen MR) is 91.3 cm³/mol. The van der Waals surface area contributed by atoms with Crippen molar-refractivity contribution >= 4 is 23.2 Å². The van der Waals surface area contributed by atoms with Gasteiger partial charge in [-0.2, -0.15) is 0 Å². The number of hydrogen-bond acceptors (Lipinski definition) is 2. The first-order valence-corrected chi connectivity index (χ1v) is 7.87. The van der Waals surface area contributed by atoms with Crippen molar-refractivity contribution in [3.05, 3.63) is 59.7 Å². The van der Waals surface area contributed by atoms with Gasteiger partial charge >= 0.3 is 0 Å². The summed E-state index contributed by atoms with van der Waals surface area (Å²) in [6.45, 7) is 2.00. The number of nitrogens with one attached hydrogen (secondary N) is 2. The molecular formula is C19H20N2O2. The zero-order valence-electron chi connectivity index (χ0n) is 13.1. The second kappa shape index (κ2) is 6.65. The molecule has 0 radical (unpaired) electrons. The molecule has 1 aliphatic carbocycles. The smallest absolute Gasteiger partial charge is 0.228 e. The molecule has 4 nitrogen and oxygen atoms in total. The summed E-state index contributed by atoms with van der Waals surface area (Å²) < 4.78 is 0. The fraction of sp³-hybridized carbons (Fsp3) is 0.263. The fourth-order valence-corrected chi connectivity index (χ4v) is 2.45. The molecule has 1 fully saturated rings. The summed E-state index contributed by atoms with van der Waals surface area (Å²) in [6, 6.07) is 15.1. The largest absolute Gasteiger partial charge is 0.326 e. The van der Waals surface area contributed by atoms with Crippen LogP contribution in [0.5, 0.6) is 0 Å². The maximum atomic E-state index is 12.2. The summed E-state index contributed by atoms with van der Waals surface area (Å²) in [5.74, 6) is 0.160. The second-order valence-electron chi connectivity index (χ2n) is 6.00. The van der Waals surface area contributed by atoms with Crippen molar-refractivity contribution in [1.29, 1.82) is 0 Å². The van der Waals surface area contributed by atoms with E-state index >= 15 is 0 Å². The van der Waals surface area contributed by atoms with Gasteiger partial charge in [0.15, 0.2) is 0 Å². The standard InChI is InChI=1S/C19H20N2O2/c1-13-5-2-3-6-15(13)11-18(22)20-16-7-4-8-17(12-16)21-19(23)14-9-10-14/h2-8,12,14H,9-11H2,1H3,(H,20,22)(H,21,23). The average Bonchev–Trinajstić information content (AvgIpc) is 3.35. The minimum absolute atomic E-state index is 0.0633. The lowest BCUT2D eigenvalue weighted by atomic mass is 10.1. The Bertz CT molecular complexity index is 736. The van der Waals surface area contributed by atoms with E-state index in [9.17, 15) is 9.59 Å². The molecule has 0 spiro atoms. The maximum absolute atomic E-state index is 12.2. The molecule has 0 bridgehead atoms. The van der Waals surface area contributed by atoms with Crippen LogP contribution < -0.4 is 10.6 Å². The van der Waals surface area contributed by atoms with Gasteiger partial charge in [0.05, 0.1) is 6.42 Å². The first kappa shape index (κ1) is 15.3. The van der Waals surface area contributed by atoms with E-state index in [1.807, 2.05) is 49.4 Å². The highest BCUT2D eigenvalue weighted by Crippen LogP contribution is 2.30. The molecule has 2 aromatic rings. The van der Waals surface area contributed by atoms with Gasteiger partial charge in [-0.15, -0.1) is 0 Å². The average molecular weight is 308 g/mol. The summed E-state index contributed by atoms with van der Waals surface area (Å²) in [5, 5.41) is 5.77. The van der Waals surface area contributed by atoms with Crippen LogP contribution in [0.2, 0.25) is 0 Å². The highest BCUT2D eigenvalue weighted by Gasteiger charge is 2.29. The van der Waals surface area contributed by atoms with Crippen molar-refractivity contribution in [2.75, 3.05) is 10.6 Å². The molecule has 1 aliphatic rings. The van der Waals surface area contributed by atoms with Crippen LogP contribution in [-0.4, -0.2) is 11.8 Å². The van der Waals surface area contributed by atoms with Crippen LogP contribution in [0.25, 0.3) is 0 Å². The van der Waals surface area contributed by atoms with Crippen LogP contribution in [0.15, 0.2) is 48.5 Å². The minimum atomic E-state index is -0.0648. The van der Waals surface area contributed by atoms with Gasteiger partial charge in [-0.3, -0.25) is 9.59 Å². The molecule has 3 rings (SSSR count). The third kappa shape index (κ3) is 4.19. The fourth-order valence-electron chi connectivity index (χ4n) is 2.45. The van der Waals surface area contributed by atoms with Crippen LogP contribution >= 0.6 is 0 Å². The van der Waals surface area contributed by atoms with E-state index in [-0.39, 0.29) is 17.7 Å². The third-order valence-electron chi connectivity index (χ3n) is 3.97. The Kier molecular flexibility index (Phi) is 4.42. The summed E-state index contributed by atoms with van der Waals surface area (Å²) in [4.78, 5) is 24.0. The summed E-state index contributed by atoms with van der Waals surface area (Å²) in [5.41, 5.74) is 3.53. The van der Waals surface area contributed by atoms with E-state index in [1.54, 1.807) is 6.07 Å². The Balaban J connectivity index is 1.62. The molecule has 23 heavy (non-hydrogen) atoms. The number of carbonyl (C=O) groups excluding carboxylic acids is 2. The van der Waals surface area contributed by atoms with E-state index in [0.29, 0.717) is 12.1 Å². The highest BCUT2D eigenvalue weighted by molar-refractivity contribution is 5.96. The van der Waals surface area contributed by atoms with Gasteiger partial charge in [0.1, 0.15) is 0 Å². The lowest BCUT2D eigenvalue weighted by Gasteiger charge is -2.09. The van der Waals surface area contributed by atoms with Crippen molar-refractivity contribution in [1.82, 2.24) is 0 Å². The van der Waals surface area contributed by atoms with E-state index in [0.717, 1.165) is 29.7 Å². The van der Waals surface area contributed by atoms with Crippen molar-refractivity contribution in [2.24, 2.45) is 5.92 Å². The molecule has 1 saturated carbocycles. The van der Waals surface area contributed by atoms with E-state index in [2.05, 4.69) is 10.6 Å². The summed E-state index contributed by atoms with van der Waals surface area (Å²) in [6.07, 6.45) is 2.28. The van der Waals surface area contributed by atoms with Crippen LogP contribution in [0.4, 0.5) is 11.4 Å². The number of amides is 2. The minimum Gasteiger partial charge on any atom is -0.326 e. The summed E-state index contributed by atoms with van der Waals surface area (Å²) >= 11 is 0. The number of carbonyl (C=O) groups is 2. The highest BCUT2D eigenvalue weighted by atomic mass is 16.2. The summed E-state index contributed by atoms with van der Waals surface area (Å²) in [7, 11) is 0. The van der Waals surface area contributed by atoms with Gasteiger partial charge in [0, 0.05) is 17.3 Å². The Morgan fingerprint density at radius 2 is 1.70 bits per heavy atom. The molecule has 0 aromatic heterocycles. The van der Waals surface area contributed by atoms with Gasteiger partial charge in [-0.25, -0.2) is 0 Å². The van der Waals surface area contributed by atoms with E-state index in [1.165, 1.54) is 0 Å². The predicted octanol–water partition coefficient (Wildman–Crippen LogP) is 3.52. The Hall–Kier alpha value is -2.62. The van der Waals surface area contributed by atoms with Crippen LogP contribution in [0.1, 0.15) is 24.0 Å². The molecule has 2 aromatic carbocycles. The number of aryl methyl sites for hydroxylation is 1. The quantitative estimate of drug-likeness (QED) is 0.888. The van der Waals surface area contributed by atoms with E-state index in [4.69, 9.17) is 0 Å². The molecular weight excluding hydrogens is 288 g/mol. The monoisotopic (exact) mass is 308 g/mol. The zero-order chi connectivity index (χ0) is 16.2. The van der Waals surface area contributed by atoms with Gasteiger partial charge in [0.25, 0.3) is 0 Å². The first-order valence-electron chi connectivity index (χ1n) is 7.87. The molecule has 0 unspecified atom stereocenters. The Morgan fingerprint density at radius 3 is 2.39 bits per heavy atom. The first-order chi connectivity index (χ1) is 11.1. The topological polar surface area (TPSA) is 58.2 Å². The number of benzene rings is 2. The molecule has 2 N–H and O–H groups in total. The lowest BCUT2D eigenvalue weighted by molar-refractivity contribution is -0.117. The molecule has 4 heteroatoms. The Labute approximate surface area is 135 Å². The molecule has 0 saturated heterocycles. The van der Waals surface area contributed by atoms with Crippen molar-refractivity contribution in [2.45, 2.75) is 26.2 Å². The Morgan fingerprint density at radius 1 is 1.00 bits per heavy atom. The third-order valence-corrected chi connectivity index (χ3v) is 3.97. The van der Waals surface area contributed by atoms with Gasteiger partial charge < -0.3 is 10.6 Å². The van der Waals surface area contributed by atoms with Crippen molar-refractivity contribution in [3.63, 3.8) is 0 Å². The second-order valence-corrected chi connectivity index (χ2v) is 6.00. The number of hydrogen-bond donors (Lipinski definition) is 2. The SMILES string of the molecule is Cc1ccccc1CC(=O)Nc1cccc(NC(=O)C2CC2)c1. The zero-order valence-corrected chi connectivity index (χ0v) is 13.1. The maximum Gasteiger partial charge on any atom is 0.228 e. The van der Waals surface area contributed by atoms with Crippen molar-refractivity contribution in [3.8, 4) is 0 Å². The molecule has 0 aliphatic heterocycles. The van der Waals surface area contributed by atoms with Gasteiger partial charge in [0.2, 0.25) is 11.8 Å². The van der Waals surface area contributed by atoms with Crippen LogP contribution in [0, 0.1) is 12.8 Å². The van der Waals surface area contributed by atoms with Crippen LogP contribution in [-0.2, 0) is 16.0 Å². The normalized spacial score (nSPS) is 13.4. The molecule has 0 atom stereocenters. The number of anilines is 2. The van der Waals surface area contributed by atoms with Gasteiger partial charge in [-0.05, 0) is 49.1 Å².